The number of nitrogens with one attached hydrogen (secondary N) is 1. The van der Waals surface area contributed by atoms with E-state index >= 15 is 0 Å². The molecule has 2 rings (SSSR count). The molecule has 2 saturated heterocycles. The molecule has 0 aliphatic carbocycles. The highest BCUT2D eigenvalue weighted by Crippen LogP contribution is 2.24. The summed E-state index contributed by atoms with van der Waals surface area (Å²) in [5.74, 6) is -0.930. The first-order valence-corrected chi connectivity index (χ1v) is 7.44. The van der Waals surface area contributed by atoms with Gasteiger partial charge in [-0.15, -0.1) is 0 Å². The Morgan fingerprint density at radius 3 is 2.40 bits per heavy atom. The van der Waals surface area contributed by atoms with Gasteiger partial charge in [0.05, 0.1) is 5.54 Å². The maximum atomic E-state index is 12.8. The summed E-state index contributed by atoms with van der Waals surface area (Å²) in [6.45, 7) is 7.78. The molecule has 114 valence electrons. The smallest absolute Gasteiger partial charge is 0.326 e. The molecule has 6 heteroatoms. The number of piperidine rings is 1. The number of hydrogen-bond acceptors (Lipinski definition) is 4. The summed E-state index contributed by atoms with van der Waals surface area (Å²) in [6.07, 6.45) is 2.35. The van der Waals surface area contributed by atoms with Crippen molar-refractivity contribution in [2.24, 2.45) is 0 Å². The van der Waals surface area contributed by atoms with Gasteiger partial charge in [0.25, 0.3) is 0 Å². The summed E-state index contributed by atoms with van der Waals surface area (Å²) < 4.78 is 0. The van der Waals surface area contributed by atoms with Crippen molar-refractivity contribution in [2.75, 3.05) is 32.7 Å². The summed E-state index contributed by atoms with van der Waals surface area (Å²) in [5.41, 5.74) is -0.632. The van der Waals surface area contributed by atoms with Crippen LogP contribution in [0.2, 0.25) is 0 Å². The molecular weight excluding hydrogens is 258 g/mol. The van der Waals surface area contributed by atoms with Gasteiger partial charge in [-0.25, -0.2) is 4.79 Å². The molecule has 0 bridgehead atoms. The molecule has 0 saturated carbocycles. The van der Waals surface area contributed by atoms with E-state index in [-0.39, 0.29) is 5.91 Å². The van der Waals surface area contributed by atoms with Crippen molar-refractivity contribution >= 4 is 11.9 Å². The highest BCUT2D eigenvalue weighted by Gasteiger charge is 2.42. The van der Waals surface area contributed by atoms with E-state index in [1.54, 1.807) is 4.90 Å². The van der Waals surface area contributed by atoms with E-state index in [0.29, 0.717) is 13.0 Å². The zero-order valence-electron chi connectivity index (χ0n) is 12.4. The summed E-state index contributed by atoms with van der Waals surface area (Å²) in [5, 5.41) is 12.6. The van der Waals surface area contributed by atoms with E-state index in [2.05, 4.69) is 10.2 Å². The fourth-order valence-electron chi connectivity index (χ4n) is 3.14. The van der Waals surface area contributed by atoms with Gasteiger partial charge in [0.15, 0.2) is 0 Å². The number of amides is 1. The molecule has 6 nitrogen and oxygen atoms in total. The lowest BCUT2D eigenvalue weighted by Gasteiger charge is -2.44. The van der Waals surface area contributed by atoms with Gasteiger partial charge in [-0.2, -0.15) is 0 Å². The summed E-state index contributed by atoms with van der Waals surface area (Å²) in [6, 6.07) is -0.654. The number of carbonyl (C=O) groups is 2. The Morgan fingerprint density at radius 2 is 1.80 bits per heavy atom. The lowest BCUT2D eigenvalue weighted by molar-refractivity contribution is -0.157. The second-order valence-electron chi connectivity index (χ2n) is 6.14. The number of nitrogens with zero attached hydrogens (tertiary/aromatic N) is 2. The number of carboxylic acid groups (broad SMARTS) is 1. The van der Waals surface area contributed by atoms with Crippen molar-refractivity contribution in [3.05, 3.63) is 0 Å². The van der Waals surface area contributed by atoms with Crippen LogP contribution in [0.5, 0.6) is 0 Å². The monoisotopic (exact) mass is 283 g/mol. The van der Waals surface area contributed by atoms with Crippen LogP contribution in [0.25, 0.3) is 0 Å². The van der Waals surface area contributed by atoms with Gasteiger partial charge < -0.3 is 15.3 Å². The lowest BCUT2D eigenvalue weighted by atomic mass is 9.94. The van der Waals surface area contributed by atoms with Crippen LogP contribution in [0.15, 0.2) is 0 Å². The van der Waals surface area contributed by atoms with Crippen LogP contribution in [0, 0.1) is 0 Å². The molecule has 0 aromatic carbocycles. The number of rotatable bonds is 3. The first kappa shape index (κ1) is 15.3. The molecule has 0 aromatic rings. The van der Waals surface area contributed by atoms with Crippen molar-refractivity contribution in [2.45, 2.75) is 44.7 Å². The predicted octanol–water partition coefficient (Wildman–Crippen LogP) is 0.136. The Labute approximate surface area is 120 Å². The second kappa shape index (κ2) is 6.10. The molecule has 0 radical (unpaired) electrons. The third kappa shape index (κ3) is 2.96. The average Bonchev–Trinajstić information content (AvgIpc) is 2.47. The lowest BCUT2D eigenvalue weighted by Crippen LogP contribution is -2.63. The maximum Gasteiger partial charge on any atom is 0.326 e. The highest BCUT2D eigenvalue weighted by molar-refractivity contribution is 5.89. The molecule has 2 aliphatic rings. The van der Waals surface area contributed by atoms with Crippen molar-refractivity contribution in [3.63, 3.8) is 0 Å². The first-order chi connectivity index (χ1) is 9.44. The van der Waals surface area contributed by atoms with E-state index in [1.807, 2.05) is 13.8 Å². The Morgan fingerprint density at radius 1 is 1.15 bits per heavy atom. The minimum atomic E-state index is -0.880. The largest absolute Gasteiger partial charge is 0.480 e. The van der Waals surface area contributed by atoms with E-state index in [0.717, 1.165) is 39.0 Å². The molecule has 2 fully saturated rings. The van der Waals surface area contributed by atoms with E-state index < -0.39 is 17.6 Å². The predicted molar refractivity (Wildman–Crippen MR) is 75.5 cm³/mol. The third-order valence-corrected chi connectivity index (χ3v) is 4.48. The molecule has 20 heavy (non-hydrogen) atoms. The van der Waals surface area contributed by atoms with Gasteiger partial charge in [-0.05, 0) is 33.1 Å². The van der Waals surface area contributed by atoms with Gasteiger partial charge in [0.1, 0.15) is 6.04 Å². The van der Waals surface area contributed by atoms with Gasteiger partial charge >= 0.3 is 5.97 Å². The molecule has 2 heterocycles. The molecule has 0 aromatic heterocycles. The normalized spacial score (nSPS) is 25.5. The fourth-order valence-corrected chi connectivity index (χ4v) is 3.14. The SMILES string of the molecule is CC(C)(C(=O)N1CCCCC1C(=O)O)N1CCNCC1. The zero-order chi connectivity index (χ0) is 14.8. The molecular formula is C14H25N3O3. The van der Waals surface area contributed by atoms with E-state index in [1.165, 1.54) is 0 Å². The van der Waals surface area contributed by atoms with Crippen LogP contribution in [-0.4, -0.2) is 71.1 Å². The van der Waals surface area contributed by atoms with E-state index in [9.17, 15) is 14.7 Å². The third-order valence-electron chi connectivity index (χ3n) is 4.48. The quantitative estimate of drug-likeness (QED) is 0.770. The van der Waals surface area contributed by atoms with Crippen LogP contribution in [0.3, 0.4) is 0 Å². The maximum absolute atomic E-state index is 12.8. The van der Waals surface area contributed by atoms with Gasteiger partial charge in [0.2, 0.25) is 5.91 Å². The van der Waals surface area contributed by atoms with E-state index in [4.69, 9.17) is 0 Å². The topological polar surface area (TPSA) is 72.9 Å². The molecule has 0 spiro atoms. The zero-order valence-corrected chi connectivity index (χ0v) is 12.4. The Kier molecular flexibility index (Phi) is 4.65. The van der Waals surface area contributed by atoms with Gasteiger partial charge in [-0.3, -0.25) is 9.69 Å². The number of aliphatic carboxylic acids is 1. The van der Waals surface area contributed by atoms with Crippen LogP contribution in [-0.2, 0) is 9.59 Å². The van der Waals surface area contributed by atoms with Crippen LogP contribution < -0.4 is 5.32 Å². The fraction of sp³-hybridized carbons (Fsp3) is 0.857. The second-order valence-corrected chi connectivity index (χ2v) is 6.14. The van der Waals surface area contributed by atoms with Crippen LogP contribution in [0.1, 0.15) is 33.1 Å². The van der Waals surface area contributed by atoms with Crippen molar-refractivity contribution in [1.82, 2.24) is 15.1 Å². The molecule has 1 unspecified atom stereocenters. The molecule has 2 aliphatic heterocycles. The van der Waals surface area contributed by atoms with Crippen molar-refractivity contribution in [3.8, 4) is 0 Å². The number of hydrogen-bond donors (Lipinski definition) is 2. The average molecular weight is 283 g/mol. The molecule has 2 N–H and O–H groups in total. The standard InChI is InChI=1S/C14H25N3O3/c1-14(2,16-9-6-15-7-10-16)13(20)17-8-4-3-5-11(17)12(18)19/h11,15H,3-10H2,1-2H3,(H,18,19). The first-order valence-electron chi connectivity index (χ1n) is 7.44. The summed E-state index contributed by atoms with van der Waals surface area (Å²) in [4.78, 5) is 27.9. The number of carbonyl (C=O) groups excluding carboxylic acids is 1. The minimum Gasteiger partial charge on any atom is -0.480 e. The van der Waals surface area contributed by atoms with Crippen LogP contribution >= 0.6 is 0 Å². The number of carboxylic acids is 1. The van der Waals surface area contributed by atoms with Gasteiger partial charge in [-0.1, -0.05) is 0 Å². The Balaban J connectivity index is 2.12. The Hall–Kier alpha value is -1.14. The minimum absolute atomic E-state index is 0.0495. The number of piperazine rings is 1. The Bertz CT molecular complexity index is 378. The molecule has 1 amide bonds. The van der Waals surface area contributed by atoms with Crippen LogP contribution in [0.4, 0.5) is 0 Å². The highest BCUT2D eigenvalue weighted by atomic mass is 16.4. The van der Waals surface area contributed by atoms with Crippen molar-refractivity contribution < 1.29 is 14.7 Å². The molecule has 1 atom stereocenters. The summed E-state index contributed by atoms with van der Waals surface area (Å²) >= 11 is 0. The van der Waals surface area contributed by atoms with Crippen molar-refractivity contribution in [1.29, 1.82) is 0 Å². The summed E-state index contributed by atoms with van der Waals surface area (Å²) in [7, 11) is 0. The van der Waals surface area contributed by atoms with Gasteiger partial charge in [0, 0.05) is 32.7 Å². The number of likely N-dealkylation sites (tertiary alicyclic amines) is 1.